The molecule has 0 saturated heterocycles. The highest BCUT2D eigenvalue weighted by Crippen LogP contribution is 2.46. The van der Waals surface area contributed by atoms with Gasteiger partial charge in [0.1, 0.15) is 11.4 Å². The van der Waals surface area contributed by atoms with Crippen LogP contribution in [0.25, 0.3) is 0 Å². The number of nitrogens with two attached hydrogens (primary N) is 1. The van der Waals surface area contributed by atoms with Crippen LogP contribution in [0.2, 0.25) is 10.0 Å². The summed E-state index contributed by atoms with van der Waals surface area (Å²) in [6, 6.07) is 3.44. The molecule has 1 unspecified atom stereocenters. The topological polar surface area (TPSA) is 47.6 Å². The molecule has 1 heterocycles. The van der Waals surface area contributed by atoms with Crippen molar-refractivity contribution in [2.45, 2.75) is 31.9 Å². The fraction of sp³-hybridized carbons (Fsp3) is 0.417. The van der Waals surface area contributed by atoms with Gasteiger partial charge >= 0.3 is 0 Å². The van der Waals surface area contributed by atoms with Crippen LogP contribution in [0.4, 0.5) is 0 Å². The number of aliphatic imine (C=N–C) groups is 1. The average Bonchev–Trinajstić information content (AvgIpc) is 2.19. The SMILES string of the molecule is CC1(C)CC(N=CN)c2cc(Cl)cc(Cl)c2O1. The first kappa shape index (κ1) is 12.5. The van der Waals surface area contributed by atoms with Crippen molar-refractivity contribution in [3.8, 4) is 5.75 Å². The molecular weight excluding hydrogens is 259 g/mol. The highest BCUT2D eigenvalue weighted by atomic mass is 35.5. The van der Waals surface area contributed by atoms with Crippen LogP contribution < -0.4 is 10.5 Å². The molecule has 2 rings (SSSR count). The number of hydrogen-bond acceptors (Lipinski definition) is 2. The van der Waals surface area contributed by atoms with Crippen molar-refractivity contribution < 1.29 is 4.74 Å². The fourth-order valence-electron chi connectivity index (χ4n) is 2.07. The largest absolute Gasteiger partial charge is 0.486 e. The van der Waals surface area contributed by atoms with E-state index in [2.05, 4.69) is 4.99 Å². The van der Waals surface area contributed by atoms with Gasteiger partial charge in [0, 0.05) is 17.0 Å². The Morgan fingerprint density at radius 1 is 1.47 bits per heavy atom. The van der Waals surface area contributed by atoms with Crippen molar-refractivity contribution in [3.63, 3.8) is 0 Å². The third kappa shape index (κ3) is 2.50. The Hall–Kier alpha value is -0.930. The molecule has 0 aliphatic carbocycles. The summed E-state index contributed by atoms with van der Waals surface area (Å²) in [6.45, 7) is 4.00. The van der Waals surface area contributed by atoms with Gasteiger partial charge in [-0.1, -0.05) is 23.2 Å². The van der Waals surface area contributed by atoms with Gasteiger partial charge in [-0.2, -0.15) is 0 Å². The van der Waals surface area contributed by atoms with E-state index in [4.69, 9.17) is 33.7 Å². The first-order valence-corrected chi connectivity index (χ1v) is 6.10. The lowest BCUT2D eigenvalue weighted by molar-refractivity contribution is 0.0734. The standard InChI is InChI=1S/C12H14Cl2N2O/c1-12(2)5-10(16-6-15)8-3-7(13)4-9(14)11(8)17-12/h3-4,6,10H,5H2,1-2H3,(H2,15,16). The maximum atomic E-state index is 6.15. The summed E-state index contributed by atoms with van der Waals surface area (Å²) in [5.41, 5.74) is 5.96. The maximum absolute atomic E-state index is 6.15. The van der Waals surface area contributed by atoms with Crippen molar-refractivity contribution >= 4 is 29.5 Å². The highest BCUT2D eigenvalue weighted by Gasteiger charge is 2.34. The lowest BCUT2D eigenvalue weighted by atomic mass is 9.90. The Kier molecular flexibility index (Phi) is 3.23. The zero-order valence-corrected chi connectivity index (χ0v) is 11.2. The summed E-state index contributed by atoms with van der Waals surface area (Å²) in [6.07, 6.45) is 2.05. The maximum Gasteiger partial charge on any atom is 0.144 e. The summed E-state index contributed by atoms with van der Waals surface area (Å²) < 4.78 is 5.88. The minimum Gasteiger partial charge on any atom is -0.486 e. The molecule has 1 aromatic carbocycles. The Labute approximate surface area is 111 Å². The van der Waals surface area contributed by atoms with Crippen LogP contribution in [0.3, 0.4) is 0 Å². The minimum atomic E-state index is -0.318. The summed E-state index contributed by atoms with van der Waals surface area (Å²) in [7, 11) is 0. The molecule has 0 spiro atoms. The van der Waals surface area contributed by atoms with Gasteiger partial charge in [0.05, 0.1) is 17.4 Å². The average molecular weight is 273 g/mol. The van der Waals surface area contributed by atoms with Gasteiger partial charge in [-0.25, -0.2) is 0 Å². The number of rotatable bonds is 1. The van der Waals surface area contributed by atoms with Crippen LogP contribution in [0.15, 0.2) is 17.1 Å². The molecule has 0 bridgehead atoms. The number of benzene rings is 1. The van der Waals surface area contributed by atoms with Crippen LogP contribution in [-0.4, -0.2) is 11.9 Å². The van der Waals surface area contributed by atoms with E-state index in [0.717, 1.165) is 12.0 Å². The molecule has 0 fully saturated rings. The molecule has 1 aromatic rings. The van der Waals surface area contributed by atoms with Crippen molar-refractivity contribution in [1.82, 2.24) is 0 Å². The van der Waals surface area contributed by atoms with Gasteiger partial charge in [0.2, 0.25) is 0 Å². The van der Waals surface area contributed by atoms with E-state index in [1.165, 1.54) is 6.34 Å². The molecule has 2 N–H and O–H groups in total. The Balaban J connectivity index is 2.56. The van der Waals surface area contributed by atoms with Crippen molar-refractivity contribution in [3.05, 3.63) is 27.7 Å². The lowest BCUT2D eigenvalue weighted by Gasteiger charge is -2.36. The van der Waals surface area contributed by atoms with Crippen LogP contribution in [0.5, 0.6) is 5.75 Å². The molecule has 17 heavy (non-hydrogen) atoms. The molecule has 3 nitrogen and oxygen atoms in total. The predicted octanol–water partition coefficient (Wildman–Crippen LogP) is 3.58. The van der Waals surface area contributed by atoms with Gasteiger partial charge in [0.15, 0.2) is 0 Å². The summed E-state index contributed by atoms with van der Waals surface area (Å²) >= 11 is 12.1. The number of hydrogen-bond donors (Lipinski definition) is 1. The predicted molar refractivity (Wildman–Crippen MR) is 71.2 cm³/mol. The molecule has 1 atom stereocenters. The molecule has 1 aliphatic heterocycles. The fourth-order valence-corrected chi connectivity index (χ4v) is 2.61. The van der Waals surface area contributed by atoms with Crippen molar-refractivity contribution in [2.24, 2.45) is 10.7 Å². The van der Waals surface area contributed by atoms with E-state index in [1.54, 1.807) is 6.07 Å². The van der Waals surface area contributed by atoms with Gasteiger partial charge in [0.25, 0.3) is 0 Å². The molecule has 1 aliphatic rings. The highest BCUT2D eigenvalue weighted by molar-refractivity contribution is 6.35. The Morgan fingerprint density at radius 2 is 2.18 bits per heavy atom. The second-order valence-electron chi connectivity index (χ2n) is 4.69. The smallest absolute Gasteiger partial charge is 0.144 e. The van der Waals surface area contributed by atoms with Gasteiger partial charge in [-0.3, -0.25) is 4.99 Å². The Bertz CT molecular complexity index is 472. The molecule has 0 radical (unpaired) electrons. The number of nitrogens with zero attached hydrogens (tertiary/aromatic N) is 1. The van der Waals surface area contributed by atoms with Crippen molar-refractivity contribution in [1.29, 1.82) is 0 Å². The first-order valence-electron chi connectivity index (χ1n) is 5.34. The van der Waals surface area contributed by atoms with Crippen molar-refractivity contribution in [2.75, 3.05) is 0 Å². The third-order valence-corrected chi connectivity index (χ3v) is 3.22. The molecular formula is C12H14Cl2N2O. The minimum absolute atomic E-state index is 0.0602. The second kappa shape index (κ2) is 4.39. The van der Waals surface area contributed by atoms with Crippen LogP contribution in [-0.2, 0) is 0 Å². The number of fused-ring (bicyclic) bond motifs is 1. The summed E-state index contributed by atoms with van der Waals surface area (Å²) in [5, 5.41) is 1.09. The molecule has 0 saturated carbocycles. The van der Waals surface area contributed by atoms with Gasteiger partial charge < -0.3 is 10.5 Å². The van der Waals surface area contributed by atoms with Gasteiger partial charge in [-0.05, 0) is 26.0 Å². The van der Waals surface area contributed by atoms with Gasteiger partial charge in [-0.15, -0.1) is 0 Å². The monoisotopic (exact) mass is 272 g/mol. The normalized spacial score (nSPS) is 22.2. The van der Waals surface area contributed by atoms with E-state index >= 15 is 0 Å². The number of ether oxygens (including phenoxy) is 1. The zero-order chi connectivity index (χ0) is 12.6. The molecule has 5 heteroatoms. The molecule has 0 amide bonds. The van der Waals surface area contributed by atoms with Crippen LogP contribution in [0, 0.1) is 0 Å². The van der Waals surface area contributed by atoms with E-state index < -0.39 is 0 Å². The Morgan fingerprint density at radius 3 is 2.82 bits per heavy atom. The lowest BCUT2D eigenvalue weighted by Crippen LogP contribution is -2.34. The zero-order valence-electron chi connectivity index (χ0n) is 9.71. The third-order valence-electron chi connectivity index (χ3n) is 2.73. The second-order valence-corrected chi connectivity index (χ2v) is 5.53. The summed E-state index contributed by atoms with van der Waals surface area (Å²) in [4.78, 5) is 4.26. The van der Waals surface area contributed by atoms with E-state index in [-0.39, 0.29) is 11.6 Å². The van der Waals surface area contributed by atoms with E-state index in [9.17, 15) is 0 Å². The van der Waals surface area contributed by atoms with E-state index in [1.807, 2.05) is 19.9 Å². The summed E-state index contributed by atoms with van der Waals surface area (Å²) in [5.74, 6) is 0.655. The first-order chi connectivity index (χ1) is 7.93. The van der Waals surface area contributed by atoms with Crippen LogP contribution in [0.1, 0.15) is 31.9 Å². The molecule has 0 aromatic heterocycles. The van der Waals surface area contributed by atoms with E-state index in [0.29, 0.717) is 15.8 Å². The number of halogens is 2. The van der Waals surface area contributed by atoms with Crippen LogP contribution >= 0.6 is 23.2 Å². The molecule has 92 valence electrons. The quantitative estimate of drug-likeness (QED) is 0.628.